The summed E-state index contributed by atoms with van der Waals surface area (Å²) in [5.41, 5.74) is 0. The lowest BCUT2D eigenvalue weighted by atomic mass is 9.94. The van der Waals surface area contributed by atoms with E-state index in [9.17, 15) is 4.79 Å². The Morgan fingerprint density at radius 3 is 2.42 bits per heavy atom. The molecular formula is C10H19NO. The van der Waals surface area contributed by atoms with Gasteiger partial charge in [-0.2, -0.15) is 0 Å². The highest BCUT2D eigenvalue weighted by atomic mass is 16.1. The molecule has 1 rings (SSSR count). The molecule has 1 amide bonds. The van der Waals surface area contributed by atoms with Gasteiger partial charge in [0.2, 0.25) is 5.91 Å². The van der Waals surface area contributed by atoms with Crippen LogP contribution in [0.2, 0.25) is 0 Å². The predicted molar refractivity (Wildman–Crippen MR) is 49.8 cm³/mol. The van der Waals surface area contributed by atoms with E-state index in [0.29, 0.717) is 24.3 Å². The zero-order valence-electron chi connectivity index (χ0n) is 8.26. The number of carbonyl (C=O) groups excluding carboxylic acids is 1. The van der Waals surface area contributed by atoms with Gasteiger partial charge in [-0.3, -0.25) is 4.79 Å². The molecule has 0 aromatic rings. The molecule has 0 saturated heterocycles. The fourth-order valence-corrected chi connectivity index (χ4v) is 1.04. The first kappa shape index (κ1) is 9.56. The van der Waals surface area contributed by atoms with E-state index < -0.39 is 0 Å². The average Bonchev–Trinajstić information content (AvgIpc) is 2.71. The van der Waals surface area contributed by atoms with E-state index in [4.69, 9.17) is 0 Å². The zero-order valence-corrected chi connectivity index (χ0v) is 8.26. The summed E-state index contributed by atoms with van der Waals surface area (Å²) in [4.78, 5) is 11.3. The number of nitrogens with one attached hydrogen (secondary N) is 1. The van der Waals surface area contributed by atoms with Gasteiger partial charge < -0.3 is 5.32 Å². The van der Waals surface area contributed by atoms with Gasteiger partial charge >= 0.3 is 0 Å². The van der Waals surface area contributed by atoms with Gasteiger partial charge in [0.25, 0.3) is 0 Å². The largest absolute Gasteiger partial charge is 0.353 e. The van der Waals surface area contributed by atoms with Crippen molar-refractivity contribution in [2.24, 2.45) is 11.8 Å². The summed E-state index contributed by atoms with van der Waals surface area (Å²) >= 11 is 0. The van der Waals surface area contributed by atoms with E-state index in [2.05, 4.69) is 26.1 Å². The van der Waals surface area contributed by atoms with Crippen LogP contribution in [0.25, 0.3) is 0 Å². The Bertz CT molecular complexity index is 161. The van der Waals surface area contributed by atoms with E-state index in [1.165, 1.54) is 12.8 Å². The van der Waals surface area contributed by atoms with Crippen molar-refractivity contribution in [1.82, 2.24) is 5.32 Å². The van der Waals surface area contributed by atoms with Crippen LogP contribution >= 0.6 is 0 Å². The summed E-state index contributed by atoms with van der Waals surface area (Å²) < 4.78 is 0. The molecule has 0 aromatic heterocycles. The molecule has 0 bridgehead atoms. The van der Waals surface area contributed by atoms with E-state index in [1.807, 2.05) is 0 Å². The average molecular weight is 169 g/mol. The first-order valence-corrected chi connectivity index (χ1v) is 4.89. The minimum absolute atomic E-state index is 0.235. The lowest BCUT2D eigenvalue weighted by Gasteiger charge is -2.14. The molecule has 2 nitrogen and oxygen atoms in total. The summed E-state index contributed by atoms with van der Waals surface area (Å²) in [6.07, 6.45) is 3.05. The second-order valence-electron chi connectivity index (χ2n) is 4.27. The number of amides is 1. The molecule has 1 N–H and O–H groups in total. The van der Waals surface area contributed by atoms with Crippen molar-refractivity contribution in [3.05, 3.63) is 0 Å². The molecular weight excluding hydrogens is 150 g/mol. The maximum Gasteiger partial charge on any atom is 0.220 e. The van der Waals surface area contributed by atoms with Crippen LogP contribution in [0.3, 0.4) is 0 Å². The quantitative estimate of drug-likeness (QED) is 0.684. The molecule has 1 aliphatic carbocycles. The molecule has 1 saturated carbocycles. The van der Waals surface area contributed by atoms with Gasteiger partial charge in [-0.05, 0) is 24.7 Å². The molecule has 0 radical (unpaired) electrons. The molecule has 0 aliphatic heterocycles. The van der Waals surface area contributed by atoms with Gasteiger partial charge in [-0.25, -0.2) is 0 Å². The van der Waals surface area contributed by atoms with Crippen LogP contribution in [0, 0.1) is 11.8 Å². The topological polar surface area (TPSA) is 29.1 Å². The Kier molecular flexibility index (Phi) is 3.12. The summed E-state index contributed by atoms with van der Waals surface area (Å²) in [5, 5.41) is 3.00. The Morgan fingerprint density at radius 1 is 1.42 bits per heavy atom. The third-order valence-corrected chi connectivity index (χ3v) is 2.59. The molecule has 0 spiro atoms. The smallest absolute Gasteiger partial charge is 0.220 e. The van der Waals surface area contributed by atoms with Crippen molar-refractivity contribution in [1.29, 1.82) is 0 Å². The van der Waals surface area contributed by atoms with Crippen LogP contribution in [0.15, 0.2) is 0 Å². The molecule has 1 aliphatic rings. The van der Waals surface area contributed by atoms with Crippen LogP contribution in [0.5, 0.6) is 0 Å². The monoisotopic (exact) mass is 169 g/mol. The van der Waals surface area contributed by atoms with Crippen molar-refractivity contribution >= 4 is 5.91 Å². The first-order valence-electron chi connectivity index (χ1n) is 4.89. The first-order chi connectivity index (χ1) is 5.59. The van der Waals surface area contributed by atoms with Gasteiger partial charge in [-0.1, -0.05) is 20.8 Å². The highest BCUT2D eigenvalue weighted by Crippen LogP contribution is 2.20. The third kappa shape index (κ3) is 3.24. The van der Waals surface area contributed by atoms with Crippen LogP contribution in [0.4, 0.5) is 0 Å². The minimum atomic E-state index is 0.235. The minimum Gasteiger partial charge on any atom is -0.353 e. The molecule has 1 atom stereocenters. The third-order valence-electron chi connectivity index (χ3n) is 2.59. The summed E-state index contributed by atoms with van der Waals surface area (Å²) in [6.45, 7) is 6.46. The molecule has 1 unspecified atom stereocenters. The van der Waals surface area contributed by atoms with Crippen LogP contribution in [0.1, 0.15) is 40.0 Å². The van der Waals surface area contributed by atoms with Gasteiger partial charge in [0.05, 0.1) is 0 Å². The number of hydrogen-bond donors (Lipinski definition) is 1. The lowest BCUT2D eigenvalue weighted by molar-refractivity contribution is -0.122. The fourth-order valence-electron chi connectivity index (χ4n) is 1.04. The Morgan fingerprint density at radius 2 is 2.00 bits per heavy atom. The van der Waals surface area contributed by atoms with Gasteiger partial charge in [0, 0.05) is 12.5 Å². The lowest BCUT2D eigenvalue weighted by Crippen LogP contribution is -2.27. The van der Waals surface area contributed by atoms with Gasteiger partial charge in [-0.15, -0.1) is 0 Å². The van der Waals surface area contributed by atoms with Crippen molar-refractivity contribution in [2.45, 2.75) is 46.1 Å². The SMILES string of the molecule is CC(C)C(C)CC(=O)NC1CC1. The fraction of sp³-hybridized carbons (Fsp3) is 0.900. The molecule has 1 fully saturated rings. The van der Waals surface area contributed by atoms with E-state index in [-0.39, 0.29) is 5.91 Å². The molecule has 70 valence electrons. The normalized spacial score (nSPS) is 19.3. The van der Waals surface area contributed by atoms with Crippen molar-refractivity contribution in [3.63, 3.8) is 0 Å². The maximum absolute atomic E-state index is 11.3. The van der Waals surface area contributed by atoms with E-state index in [1.54, 1.807) is 0 Å². The second-order valence-corrected chi connectivity index (χ2v) is 4.27. The summed E-state index contributed by atoms with van der Waals surface area (Å²) in [5.74, 6) is 1.34. The van der Waals surface area contributed by atoms with Gasteiger partial charge in [0.15, 0.2) is 0 Å². The molecule has 0 heterocycles. The number of hydrogen-bond acceptors (Lipinski definition) is 1. The van der Waals surface area contributed by atoms with Crippen molar-refractivity contribution in [3.8, 4) is 0 Å². The predicted octanol–water partition coefficient (Wildman–Crippen LogP) is 1.95. The highest BCUT2D eigenvalue weighted by molar-refractivity contribution is 5.76. The van der Waals surface area contributed by atoms with Crippen molar-refractivity contribution < 1.29 is 4.79 Å². The van der Waals surface area contributed by atoms with Crippen LogP contribution < -0.4 is 5.32 Å². The van der Waals surface area contributed by atoms with E-state index >= 15 is 0 Å². The number of carbonyl (C=O) groups is 1. The van der Waals surface area contributed by atoms with E-state index in [0.717, 1.165) is 0 Å². The maximum atomic E-state index is 11.3. The standard InChI is InChI=1S/C10H19NO/c1-7(2)8(3)6-10(12)11-9-4-5-9/h7-9H,4-6H2,1-3H3,(H,11,12). The second kappa shape index (κ2) is 3.92. The molecule has 0 aromatic carbocycles. The Balaban J connectivity index is 2.15. The summed E-state index contributed by atoms with van der Waals surface area (Å²) in [7, 11) is 0. The van der Waals surface area contributed by atoms with Crippen LogP contribution in [-0.2, 0) is 4.79 Å². The zero-order chi connectivity index (χ0) is 9.14. The summed E-state index contributed by atoms with van der Waals surface area (Å²) in [6, 6.07) is 0.511. The van der Waals surface area contributed by atoms with Gasteiger partial charge in [0.1, 0.15) is 0 Å². The number of rotatable bonds is 4. The van der Waals surface area contributed by atoms with Crippen molar-refractivity contribution in [2.75, 3.05) is 0 Å². The molecule has 12 heavy (non-hydrogen) atoms. The van der Waals surface area contributed by atoms with Crippen LogP contribution in [-0.4, -0.2) is 11.9 Å². The Labute approximate surface area is 74.7 Å². The highest BCUT2D eigenvalue weighted by Gasteiger charge is 2.24. The Hall–Kier alpha value is -0.530. The molecule has 2 heteroatoms.